The Morgan fingerprint density at radius 1 is 1.60 bits per heavy atom. The molecule has 5 heteroatoms. The fourth-order valence-electron chi connectivity index (χ4n) is 3.43. The summed E-state index contributed by atoms with van der Waals surface area (Å²) in [6.45, 7) is 7.17. The van der Waals surface area contributed by atoms with Gasteiger partial charge in [-0.25, -0.2) is 4.79 Å². The van der Waals surface area contributed by atoms with Crippen LogP contribution in [0.3, 0.4) is 0 Å². The van der Waals surface area contributed by atoms with Gasteiger partial charge in [-0.05, 0) is 26.2 Å². The average Bonchev–Trinajstić information content (AvgIpc) is 2.35. The van der Waals surface area contributed by atoms with Gasteiger partial charge in [0.1, 0.15) is 0 Å². The monoisotopic (exact) mass is 282 g/mol. The molecule has 0 aliphatic heterocycles. The van der Waals surface area contributed by atoms with Gasteiger partial charge >= 0.3 is 6.03 Å². The number of carbonyl (C=O) groups excluding carboxylic acids is 1. The number of amides is 2. The average molecular weight is 282 g/mol. The summed E-state index contributed by atoms with van der Waals surface area (Å²) in [6.07, 6.45) is 6.40. The van der Waals surface area contributed by atoms with Gasteiger partial charge in [-0.2, -0.15) is 0 Å². The van der Waals surface area contributed by atoms with E-state index >= 15 is 0 Å². The van der Waals surface area contributed by atoms with E-state index in [0.717, 1.165) is 25.9 Å². The van der Waals surface area contributed by atoms with Crippen molar-refractivity contribution in [2.24, 2.45) is 5.41 Å². The van der Waals surface area contributed by atoms with Crippen LogP contribution < -0.4 is 5.32 Å². The second-order valence-electron chi connectivity index (χ2n) is 5.73. The Hall–Kier alpha value is -1.07. The predicted molar refractivity (Wildman–Crippen MR) is 77.5 cm³/mol. The Bertz CT molecular complexity index is 355. The molecule has 2 unspecified atom stereocenters. The van der Waals surface area contributed by atoms with Crippen LogP contribution in [-0.2, 0) is 4.74 Å². The first-order chi connectivity index (χ1) is 9.67. The van der Waals surface area contributed by atoms with Crippen LogP contribution in [0, 0.1) is 5.41 Å². The lowest BCUT2D eigenvalue weighted by Crippen LogP contribution is -2.68. The number of aliphatic hydroxyl groups is 1. The first-order valence-electron chi connectivity index (χ1n) is 7.56. The molecule has 2 amide bonds. The summed E-state index contributed by atoms with van der Waals surface area (Å²) in [5, 5.41) is 12.1. The van der Waals surface area contributed by atoms with Gasteiger partial charge in [-0.1, -0.05) is 12.5 Å². The highest BCUT2D eigenvalue weighted by atomic mass is 16.5. The Balaban J connectivity index is 1.89. The molecule has 0 saturated heterocycles. The molecule has 20 heavy (non-hydrogen) atoms. The van der Waals surface area contributed by atoms with Crippen LogP contribution in [0.5, 0.6) is 0 Å². The number of carbonyl (C=O) groups is 1. The molecule has 5 nitrogen and oxygen atoms in total. The summed E-state index contributed by atoms with van der Waals surface area (Å²) in [5.41, 5.74) is 0.171. The maximum Gasteiger partial charge on any atom is 0.317 e. The van der Waals surface area contributed by atoms with Gasteiger partial charge in [0.05, 0.1) is 12.7 Å². The molecule has 0 bridgehead atoms. The Morgan fingerprint density at radius 2 is 2.35 bits per heavy atom. The molecule has 2 fully saturated rings. The van der Waals surface area contributed by atoms with Crippen LogP contribution >= 0.6 is 0 Å². The lowest BCUT2D eigenvalue weighted by molar-refractivity contribution is -0.169. The molecule has 0 aromatic rings. The van der Waals surface area contributed by atoms with Gasteiger partial charge in [0.15, 0.2) is 0 Å². The Labute approximate surface area is 121 Å². The van der Waals surface area contributed by atoms with Crippen LogP contribution in [0.25, 0.3) is 0 Å². The molecule has 2 aliphatic carbocycles. The zero-order valence-corrected chi connectivity index (χ0v) is 12.3. The number of nitrogens with zero attached hydrogens (tertiary/aromatic N) is 1. The fraction of sp³-hybridized carbons (Fsp3) is 0.800. The van der Waals surface area contributed by atoms with Crippen molar-refractivity contribution in [3.05, 3.63) is 12.7 Å². The van der Waals surface area contributed by atoms with Gasteiger partial charge in [0, 0.05) is 31.2 Å². The highest BCUT2D eigenvalue weighted by molar-refractivity contribution is 5.75. The summed E-state index contributed by atoms with van der Waals surface area (Å²) in [6, 6.07) is 0.108. The van der Waals surface area contributed by atoms with Crippen molar-refractivity contribution in [3.8, 4) is 0 Å². The van der Waals surface area contributed by atoms with E-state index in [1.54, 1.807) is 11.0 Å². The van der Waals surface area contributed by atoms with Gasteiger partial charge in [0.25, 0.3) is 0 Å². The molecule has 2 N–H and O–H groups in total. The number of rotatable bonds is 7. The van der Waals surface area contributed by atoms with Gasteiger partial charge in [-0.3, -0.25) is 0 Å². The second kappa shape index (κ2) is 6.59. The third kappa shape index (κ3) is 2.69. The zero-order valence-electron chi connectivity index (χ0n) is 12.3. The molecule has 2 aliphatic rings. The maximum absolute atomic E-state index is 12.2. The van der Waals surface area contributed by atoms with E-state index in [1.807, 2.05) is 6.92 Å². The maximum atomic E-state index is 12.2. The first-order valence-corrected chi connectivity index (χ1v) is 7.56. The van der Waals surface area contributed by atoms with E-state index in [0.29, 0.717) is 19.2 Å². The quantitative estimate of drug-likeness (QED) is 0.696. The minimum Gasteiger partial charge on any atom is -0.395 e. The molecule has 114 valence electrons. The molecule has 2 saturated carbocycles. The smallest absolute Gasteiger partial charge is 0.317 e. The molecule has 0 aromatic carbocycles. The van der Waals surface area contributed by atoms with Gasteiger partial charge < -0.3 is 20.1 Å². The van der Waals surface area contributed by atoms with Crippen molar-refractivity contribution in [1.82, 2.24) is 10.2 Å². The van der Waals surface area contributed by atoms with Crippen LogP contribution in [-0.4, -0.2) is 54.5 Å². The third-order valence-corrected chi connectivity index (χ3v) is 4.74. The zero-order chi connectivity index (χ0) is 14.6. The van der Waals surface area contributed by atoms with Crippen molar-refractivity contribution in [3.63, 3.8) is 0 Å². The number of hydrogen-bond acceptors (Lipinski definition) is 3. The van der Waals surface area contributed by atoms with E-state index in [9.17, 15) is 4.79 Å². The fourth-order valence-corrected chi connectivity index (χ4v) is 3.43. The summed E-state index contributed by atoms with van der Waals surface area (Å²) in [7, 11) is 0. The number of hydrogen-bond donors (Lipinski definition) is 2. The summed E-state index contributed by atoms with van der Waals surface area (Å²) < 4.78 is 5.78. The summed E-state index contributed by atoms with van der Waals surface area (Å²) in [4.78, 5) is 13.8. The first kappa shape index (κ1) is 15.3. The number of aliphatic hydroxyl groups excluding tert-OH is 1. The topological polar surface area (TPSA) is 61.8 Å². The van der Waals surface area contributed by atoms with E-state index < -0.39 is 0 Å². The molecule has 0 radical (unpaired) electrons. The third-order valence-electron chi connectivity index (χ3n) is 4.74. The van der Waals surface area contributed by atoms with Crippen molar-refractivity contribution in [2.45, 2.75) is 44.8 Å². The summed E-state index contributed by atoms with van der Waals surface area (Å²) >= 11 is 0. The minimum absolute atomic E-state index is 0.0291. The Morgan fingerprint density at radius 3 is 2.85 bits per heavy atom. The van der Waals surface area contributed by atoms with E-state index in [2.05, 4.69) is 11.9 Å². The number of nitrogens with one attached hydrogen (secondary N) is 1. The molecular formula is C15H26N2O3. The van der Waals surface area contributed by atoms with Crippen molar-refractivity contribution < 1.29 is 14.6 Å². The SMILES string of the molecule is C=CCN(CCO)C(=O)NC1CC(OCC)C12CCC2. The molecule has 2 atom stereocenters. The number of ether oxygens (including phenoxy) is 1. The molecular weight excluding hydrogens is 256 g/mol. The van der Waals surface area contributed by atoms with Crippen LogP contribution in [0.15, 0.2) is 12.7 Å². The minimum atomic E-state index is -0.106. The molecule has 1 spiro atoms. The van der Waals surface area contributed by atoms with Crippen LogP contribution in [0.2, 0.25) is 0 Å². The van der Waals surface area contributed by atoms with E-state index in [4.69, 9.17) is 9.84 Å². The number of urea groups is 1. The van der Waals surface area contributed by atoms with E-state index in [-0.39, 0.29) is 24.1 Å². The normalized spacial score (nSPS) is 26.5. The summed E-state index contributed by atoms with van der Waals surface area (Å²) in [5.74, 6) is 0. The highest BCUT2D eigenvalue weighted by Crippen LogP contribution is 2.57. The highest BCUT2D eigenvalue weighted by Gasteiger charge is 2.59. The van der Waals surface area contributed by atoms with Crippen molar-refractivity contribution in [1.29, 1.82) is 0 Å². The van der Waals surface area contributed by atoms with Crippen molar-refractivity contribution >= 4 is 6.03 Å². The second-order valence-corrected chi connectivity index (χ2v) is 5.73. The Kier molecular flexibility index (Phi) is 5.05. The van der Waals surface area contributed by atoms with Gasteiger partial charge in [-0.15, -0.1) is 6.58 Å². The largest absolute Gasteiger partial charge is 0.395 e. The molecule has 2 rings (SSSR count). The lowest BCUT2D eigenvalue weighted by Gasteiger charge is -2.61. The van der Waals surface area contributed by atoms with Crippen molar-refractivity contribution in [2.75, 3.05) is 26.3 Å². The van der Waals surface area contributed by atoms with E-state index in [1.165, 1.54) is 6.42 Å². The molecule has 0 aromatic heterocycles. The predicted octanol–water partition coefficient (Wildman–Crippen LogP) is 1.52. The van der Waals surface area contributed by atoms with Crippen LogP contribution in [0.1, 0.15) is 32.6 Å². The lowest BCUT2D eigenvalue weighted by atomic mass is 9.51. The molecule has 0 heterocycles. The van der Waals surface area contributed by atoms with Gasteiger partial charge in [0.2, 0.25) is 0 Å². The van der Waals surface area contributed by atoms with Crippen LogP contribution in [0.4, 0.5) is 4.79 Å². The standard InChI is InChI=1S/C15H26N2O3/c1-3-8-17(9-10-18)14(19)16-12-11-13(20-4-2)15(12)6-5-7-15/h3,12-13,18H,1,4-11H2,2H3,(H,16,19).